The molecule has 2 aliphatic carbocycles. The zero-order valence-electron chi connectivity index (χ0n) is 16.4. The Kier molecular flexibility index (Phi) is 6.40. The van der Waals surface area contributed by atoms with Crippen LogP contribution < -0.4 is 4.72 Å². The Morgan fingerprint density at radius 3 is 2.25 bits per heavy atom. The van der Waals surface area contributed by atoms with E-state index >= 15 is 0 Å². The molecule has 1 aromatic rings. The molecule has 0 heterocycles. The van der Waals surface area contributed by atoms with Crippen LogP contribution in [0.3, 0.4) is 0 Å². The normalized spacial score (nSPS) is 22.5. The molecule has 154 valence electrons. The first-order valence-electron chi connectivity index (χ1n) is 9.81. The molecule has 0 aliphatic heterocycles. The molecule has 0 aromatic heterocycles. The summed E-state index contributed by atoms with van der Waals surface area (Å²) in [5, 5.41) is 0. The Morgan fingerprint density at radius 2 is 1.68 bits per heavy atom. The molecule has 0 spiro atoms. The smallest absolute Gasteiger partial charge is 0.338 e. The van der Waals surface area contributed by atoms with Crippen molar-refractivity contribution in [2.45, 2.75) is 62.4 Å². The lowest BCUT2D eigenvalue weighted by molar-refractivity contribution is -0.136. The number of hydrogen-bond donors (Lipinski definition) is 1. The van der Waals surface area contributed by atoms with Crippen molar-refractivity contribution < 1.29 is 22.7 Å². The number of carbonyl (C=O) groups excluding carboxylic acids is 2. The molecule has 8 heteroatoms. The average Bonchev–Trinajstić information content (AvgIpc) is 3.49. The van der Waals surface area contributed by atoms with Gasteiger partial charge >= 0.3 is 5.97 Å². The van der Waals surface area contributed by atoms with Crippen molar-refractivity contribution in [3.05, 3.63) is 29.8 Å². The van der Waals surface area contributed by atoms with Gasteiger partial charge < -0.3 is 9.64 Å². The molecule has 1 amide bonds. The monoisotopic (exact) mass is 408 g/mol. The highest BCUT2D eigenvalue weighted by Gasteiger charge is 2.28. The summed E-state index contributed by atoms with van der Waals surface area (Å²) in [5.74, 6) is -0.164. The van der Waals surface area contributed by atoms with Gasteiger partial charge in [-0.3, -0.25) is 4.79 Å². The van der Waals surface area contributed by atoms with Crippen LogP contribution in [-0.2, 0) is 19.6 Å². The second-order valence-corrected chi connectivity index (χ2v) is 9.63. The molecule has 0 atom stereocenters. The minimum atomic E-state index is -3.56. The van der Waals surface area contributed by atoms with E-state index in [-0.39, 0.29) is 35.1 Å². The van der Waals surface area contributed by atoms with Crippen molar-refractivity contribution in [3.8, 4) is 0 Å². The SMILES string of the molecule is CC1CCC(N(C)C(=O)COC(=O)c2ccc(S(=O)(=O)NC3CC3)cc2)CC1. The fourth-order valence-electron chi connectivity index (χ4n) is 3.40. The van der Waals surface area contributed by atoms with E-state index in [0.717, 1.165) is 38.5 Å². The summed E-state index contributed by atoms with van der Waals surface area (Å²) in [6.45, 7) is 1.91. The number of rotatable bonds is 7. The molecule has 0 unspecified atom stereocenters. The predicted octanol–water partition coefficient (Wildman–Crippen LogP) is 2.32. The number of amides is 1. The summed E-state index contributed by atoms with van der Waals surface area (Å²) < 4.78 is 32.0. The van der Waals surface area contributed by atoms with E-state index in [0.29, 0.717) is 5.92 Å². The molecule has 28 heavy (non-hydrogen) atoms. The second-order valence-electron chi connectivity index (χ2n) is 7.91. The number of carbonyl (C=O) groups is 2. The number of nitrogens with one attached hydrogen (secondary N) is 1. The van der Waals surface area contributed by atoms with E-state index in [4.69, 9.17) is 4.74 Å². The van der Waals surface area contributed by atoms with Crippen molar-refractivity contribution in [3.63, 3.8) is 0 Å². The fourth-order valence-corrected chi connectivity index (χ4v) is 4.71. The third-order valence-corrected chi connectivity index (χ3v) is 7.09. The number of sulfonamides is 1. The van der Waals surface area contributed by atoms with Gasteiger partial charge in [0.05, 0.1) is 10.5 Å². The first kappa shape index (κ1) is 20.8. The van der Waals surface area contributed by atoms with Crippen LogP contribution >= 0.6 is 0 Å². The number of ether oxygens (including phenoxy) is 1. The number of hydrogen-bond acceptors (Lipinski definition) is 5. The highest BCUT2D eigenvalue weighted by atomic mass is 32.2. The van der Waals surface area contributed by atoms with Gasteiger partial charge in [0.1, 0.15) is 0 Å². The zero-order valence-corrected chi connectivity index (χ0v) is 17.2. The number of likely N-dealkylation sites (N-methyl/N-ethyl adjacent to an activating group) is 1. The number of esters is 1. The van der Waals surface area contributed by atoms with Gasteiger partial charge in [0.15, 0.2) is 6.61 Å². The molecule has 2 aliphatic rings. The molecule has 2 saturated carbocycles. The van der Waals surface area contributed by atoms with Crippen LogP contribution in [-0.4, -0.2) is 50.9 Å². The Hall–Kier alpha value is -1.93. The first-order chi connectivity index (χ1) is 13.3. The van der Waals surface area contributed by atoms with Crippen molar-refractivity contribution in [2.75, 3.05) is 13.7 Å². The van der Waals surface area contributed by atoms with Gasteiger partial charge in [-0.25, -0.2) is 17.9 Å². The minimum Gasteiger partial charge on any atom is -0.452 e. The van der Waals surface area contributed by atoms with Crippen LogP contribution in [0.15, 0.2) is 29.2 Å². The minimum absolute atomic E-state index is 0.0185. The summed E-state index contributed by atoms with van der Waals surface area (Å²) in [4.78, 5) is 26.3. The van der Waals surface area contributed by atoms with E-state index in [1.165, 1.54) is 24.3 Å². The van der Waals surface area contributed by atoms with E-state index in [1.807, 2.05) is 0 Å². The lowest BCUT2D eigenvalue weighted by Gasteiger charge is -2.33. The number of benzene rings is 1. The van der Waals surface area contributed by atoms with Crippen molar-refractivity contribution in [2.24, 2.45) is 5.92 Å². The Labute approximate surface area is 166 Å². The molecule has 0 bridgehead atoms. The molecule has 0 radical (unpaired) electrons. The van der Waals surface area contributed by atoms with Crippen LogP contribution in [0.2, 0.25) is 0 Å². The van der Waals surface area contributed by atoms with Gasteiger partial charge in [-0.1, -0.05) is 6.92 Å². The van der Waals surface area contributed by atoms with Gasteiger partial charge in [-0.15, -0.1) is 0 Å². The van der Waals surface area contributed by atoms with E-state index < -0.39 is 16.0 Å². The Bertz CT molecular complexity index is 810. The fraction of sp³-hybridized carbons (Fsp3) is 0.600. The average molecular weight is 409 g/mol. The zero-order chi connectivity index (χ0) is 20.3. The lowest BCUT2D eigenvalue weighted by Crippen LogP contribution is -2.41. The standard InChI is InChI=1S/C20H28N2O5S/c1-14-3-9-17(10-4-14)22(2)19(23)13-27-20(24)15-5-11-18(12-6-15)28(25,26)21-16-7-8-16/h5-6,11-12,14,16-17,21H,3-4,7-10,13H2,1-2H3. The topological polar surface area (TPSA) is 92.8 Å². The predicted molar refractivity (Wildman–Crippen MR) is 104 cm³/mol. The highest BCUT2D eigenvalue weighted by molar-refractivity contribution is 7.89. The van der Waals surface area contributed by atoms with E-state index in [1.54, 1.807) is 11.9 Å². The largest absolute Gasteiger partial charge is 0.452 e. The van der Waals surface area contributed by atoms with Crippen molar-refractivity contribution >= 4 is 21.9 Å². The molecule has 0 saturated heterocycles. The molecular formula is C20H28N2O5S. The summed E-state index contributed by atoms with van der Waals surface area (Å²) in [6, 6.07) is 5.77. The molecule has 7 nitrogen and oxygen atoms in total. The van der Waals surface area contributed by atoms with Gasteiger partial charge in [0.25, 0.3) is 5.91 Å². The summed E-state index contributed by atoms with van der Waals surface area (Å²) in [6.07, 6.45) is 5.86. The molecule has 2 fully saturated rings. The molecule has 1 N–H and O–H groups in total. The van der Waals surface area contributed by atoms with Gasteiger partial charge in [0, 0.05) is 19.1 Å². The number of nitrogens with zero attached hydrogens (tertiary/aromatic N) is 1. The van der Waals surface area contributed by atoms with E-state index in [2.05, 4.69) is 11.6 Å². The second kappa shape index (κ2) is 8.61. The van der Waals surface area contributed by atoms with Crippen LogP contribution in [0.4, 0.5) is 0 Å². The van der Waals surface area contributed by atoms with E-state index in [9.17, 15) is 18.0 Å². The lowest BCUT2D eigenvalue weighted by atomic mass is 9.87. The van der Waals surface area contributed by atoms with Crippen LogP contribution in [0, 0.1) is 5.92 Å². The molecular weight excluding hydrogens is 380 g/mol. The molecule has 1 aromatic carbocycles. The van der Waals surface area contributed by atoms with Crippen LogP contribution in [0.25, 0.3) is 0 Å². The van der Waals surface area contributed by atoms with Gasteiger partial charge in [-0.2, -0.15) is 0 Å². The third kappa shape index (κ3) is 5.32. The van der Waals surface area contributed by atoms with Gasteiger partial charge in [0.2, 0.25) is 10.0 Å². The maximum absolute atomic E-state index is 12.3. The summed E-state index contributed by atoms with van der Waals surface area (Å²) >= 11 is 0. The van der Waals surface area contributed by atoms with Crippen molar-refractivity contribution in [1.29, 1.82) is 0 Å². The highest BCUT2D eigenvalue weighted by Crippen LogP contribution is 2.26. The Balaban J connectivity index is 1.51. The van der Waals surface area contributed by atoms with Crippen LogP contribution in [0.1, 0.15) is 55.8 Å². The maximum Gasteiger partial charge on any atom is 0.338 e. The van der Waals surface area contributed by atoms with Gasteiger partial charge in [-0.05, 0) is 68.7 Å². The summed E-state index contributed by atoms with van der Waals surface area (Å²) in [7, 11) is -1.80. The Morgan fingerprint density at radius 1 is 1.07 bits per heavy atom. The third-order valence-electron chi connectivity index (χ3n) is 5.55. The quantitative estimate of drug-likeness (QED) is 0.699. The first-order valence-corrected chi connectivity index (χ1v) is 11.3. The van der Waals surface area contributed by atoms with Crippen molar-refractivity contribution in [1.82, 2.24) is 9.62 Å². The molecule has 3 rings (SSSR count). The summed E-state index contributed by atoms with van der Waals surface area (Å²) in [5.41, 5.74) is 0.215. The maximum atomic E-state index is 12.3. The van der Waals surface area contributed by atoms with Crippen LogP contribution in [0.5, 0.6) is 0 Å².